The largest absolute Gasteiger partial charge is 0.378 e. The van der Waals surface area contributed by atoms with Gasteiger partial charge in [-0.05, 0) is 12.8 Å². The average Bonchev–Trinajstić information content (AvgIpc) is 1.84. The van der Waals surface area contributed by atoms with E-state index < -0.39 is 0 Å². The second kappa shape index (κ2) is 3.91. The van der Waals surface area contributed by atoms with Crippen LogP contribution in [0.5, 0.6) is 0 Å². The zero-order valence-corrected chi connectivity index (χ0v) is 6.25. The summed E-state index contributed by atoms with van der Waals surface area (Å²) in [5.74, 6) is 0. The lowest BCUT2D eigenvalue weighted by Gasteiger charge is -2.19. The molecule has 4 N–H and O–H groups in total. The van der Waals surface area contributed by atoms with Gasteiger partial charge in [0.2, 0.25) is 0 Å². The van der Waals surface area contributed by atoms with Crippen molar-refractivity contribution < 1.29 is 4.74 Å². The Kier molecular flexibility index (Phi) is 3.12. The fourth-order valence-corrected chi connectivity index (χ4v) is 1.18. The van der Waals surface area contributed by atoms with Gasteiger partial charge in [-0.2, -0.15) is 0 Å². The molecular formula is C7H16N2O. The van der Waals surface area contributed by atoms with Gasteiger partial charge in [-0.15, -0.1) is 0 Å². The standard InChI is InChI=1S/C7H16N2O/c8-6-2-1-3-7(9)5-10-4-6/h6-7H,1-5,8-9H2. The van der Waals surface area contributed by atoms with Gasteiger partial charge in [-0.25, -0.2) is 0 Å². The first-order chi connectivity index (χ1) is 4.79. The maximum absolute atomic E-state index is 5.68. The van der Waals surface area contributed by atoms with E-state index in [0.717, 1.165) is 19.3 Å². The van der Waals surface area contributed by atoms with Crippen molar-refractivity contribution in [1.29, 1.82) is 0 Å². The number of rotatable bonds is 0. The third-order valence-electron chi connectivity index (χ3n) is 1.81. The number of hydrogen-bond donors (Lipinski definition) is 2. The van der Waals surface area contributed by atoms with Gasteiger partial charge >= 0.3 is 0 Å². The van der Waals surface area contributed by atoms with E-state index >= 15 is 0 Å². The Balaban J connectivity index is 2.21. The summed E-state index contributed by atoms with van der Waals surface area (Å²) in [5, 5.41) is 0. The maximum Gasteiger partial charge on any atom is 0.0618 e. The molecule has 1 rings (SSSR count). The van der Waals surface area contributed by atoms with Crippen molar-refractivity contribution in [2.75, 3.05) is 13.2 Å². The third kappa shape index (κ3) is 2.64. The molecule has 10 heavy (non-hydrogen) atoms. The molecule has 0 saturated carbocycles. The Hall–Kier alpha value is -0.120. The molecule has 3 nitrogen and oxygen atoms in total. The van der Waals surface area contributed by atoms with Crippen LogP contribution in [0.15, 0.2) is 0 Å². The molecule has 0 radical (unpaired) electrons. The Morgan fingerprint density at radius 3 is 2.00 bits per heavy atom. The highest BCUT2D eigenvalue weighted by molar-refractivity contribution is 4.68. The van der Waals surface area contributed by atoms with E-state index in [9.17, 15) is 0 Å². The molecule has 0 amide bonds. The van der Waals surface area contributed by atoms with Crippen molar-refractivity contribution in [3.63, 3.8) is 0 Å². The molecule has 0 aromatic carbocycles. The molecule has 1 heterocycles. The van der Waals surface area contributed by atoms with Crippen LogP contribution in [-0.2, 0) is 4.74 Å². The summed E-state index contributed by atoms with van der Waals surface area (Å²) >= 11 is 0. The molecule has 0 aromatic rings. The lowest BCUT2D eigenvalue weighted by atomic mass is 10.1. The van der Waals surface area contributed by atoms with Crippen LogP contribution in [0.3, 0.4) is 0 Å². The van der Waals surface area contributed by atoms with Crippen LogP contribution >= 0.6 is 0 Å². The minimum atomic E-state index is 0.229. The Bertz CT molecular complexity index is 77.6. The van der Waals surface area contributed by atoms with Crippen molar-refractivity contribution in [3.05, 3.63) is 0 Å². The fourth-order valence-electron chi connectivity index (χ4n) is 1.18. The smallest absolute Gasteiger partial charge is 0.0618 e. The SMILES string of the molecule is NC1CCCC(N)COC1. The highest BCUT2D eigenvalue weighted by Gasteiger charge is 2.10. The van der Waals surface area contributed by atoms with Crippen LogP contribution in [0.1, 0.15) is 19.3 Å². The predicted molar refractivity (Wildman–Crippen MR) is 40.6 cm³/mol. The summed E-state index contributed by atoms with van der Waals surface area (Å²) in [5.41, 5.74) is 11.4. The zero-order valence-electron chi connectivity index (χ0n) is 6.25. The van der Waals surface area contributed by atoms with Crippen LogP contribution < -0.4 is 11.5 Å². The highest BCUT2D eigenvalue weighted by atomic mass is 16.5. The van der Waals surface area contributed by atoms with Crippen LogP contribution in [0.4, 0.5) is 0 Å². The molecule has 1 aliphatic rings. The van der Waals surface area contributed by atoms with E-state index in [2.05, 4.69) is 0 Å². The number of ether oxygens (including phenoxy) is 1. The van der Waals surface area contributed by atoms with Crippen LogP contribution in [0.2, 0.25) is 0 Å². The molecular weight excluding hydrogens is 128 g/mol. The average molecular weight is 144 g/mol. The summed E-state index contributed by atoms with van der Waals surface area (Å²) in [6.07, 6.45) is 3.24. The van der Waals surface area contributed by atoms with Crippen LogP contribution in [0.25, 0.3) is 0 Å². The molecule has 2 atom stereocenters. The van der Waals surface area contributed by atoms with E-state index in [1.54, 1.807) is 0 Å². The van der Waals surface area contributed by atoms with E-state index in [-0.39, 0.29) is 12.1 Å². The van der Waals surface area contributed by atoms with E-state index in [0.29, 0.717) is 13.2 Å². The van der Waals surface area contributed by atoms with Crippen molar-refractivity contribution in [2.24, 2.45) is 11.5 Å². The van der Waals surface area contributed by atoms with E-state index in [1.807, 2.05) is 0 Å². The van der Waals surface area contributed by atoms with Gasteiger partial charge in [0.15, 0.2) is 0 Å². The molecule has 2 unspecified atom stereocenters. The summed E-state index contributed by atoms with van der Waals surface area (Å²) in [6, 6.07) is 0.458. The van der Waals surface area contributed by atoms with Gasteiger partial charge < -0.3 is 16.2 Å². The Morgan fingerprint density at radius 2 is 1.50 bits per heavy atom. The normalized spacial score (nSPS) is 36.6. The van der Waals surface area contributed by atoms with Gasteiger partial charge in [0.05, 0.1) is 13.2 Å². The van der Waals surface area contributed by atoms with Gasteiger partial charge in [-0.3, -0.25) is 0 Å². The fraction of sp³-hybridized carbons (Fsp3) is 1.00. The highest BCUT2D eigenvalue weighted by Crippen LogP contribution is 2.06. The first-order valence-electron chi connectivity index (χ1n) is 3.88. The molecule has 1 fully saturated rings. The Morgan fingerprint density at radius 1 is 1.00 bits per heavy atom. The summed E-state index contributed by atoms with van der Waals surface area (Å²) in [7, 11) is 0. The van der Waals surface area contributed by atoms with Gasteiger partial charge in [0.1, 0.15) is 0 Å². The second-order valence-corrected chi connectivity index (χ2v) is 2.99. The van der Waals surface area contributed by atoms with Gasteiger partial charge in [0.25, 0.3) is 0 Å². The van der Waals surface area contributed by atoms with Crippen molar-refractivity contribution in [2.45, 2.75) is 31.3 Å². The third-order valence-corrected chi connectivity index (χ3v) is 1.81. The molecule has 60 valence electrons. The van der Waals surface area contributed by atoms with E-state index in [4.69, 9.17) is 16.2 Å². The zero-order chi connectivity index (χ0) is 7.40. The molecule has 1 aliphatic heterocycles. The van der Waals surface area contributed by atoms with E-state index in [1.165, 1.54) is 0 Å². The molecule has 3 heteroatoms. The second-order valence-electron chi connectivity index (χ2n) is 2.99. The van der Waals surface area contributed by atoms with Crippen molar-refractivity contribution in [3.8, 4) is 0 Å². The minimum absolute atomic E-state index is 0.229. The first-order valence-corrected chi connectivity index (χ1v) is 3.88. The van der Waals surface area contributed by atoms with Crippen molar-refractivity contribution in [1.82, 2.24) is 0 Å². The number of nitrogens with two attached hydrogens (primary N) is 2. The van der Waals surface area contributed by atoms with Crippen LogP contribution in [0, 0.1) is 0 Å². The van der Waals surface area contributed by atoms with Crippen LogP contribution in [-0.4, -0.2) is 25.3 Å². The molecule has 0 bridgehead atoms. The predicted octanol–water partition coefficient (Wildman–Crippen LogP) is -0.159. The lowest BCUT2D eigenvalue weighted by molar-refractivity contribution is 0.0927. The summed E-state index contributed by atoms with van der Waals surface area (Å²) < 4.78 is 5.25. The molecule has 0 spiro atoms. The summed E-state index contributed by atoms with van der Waals surface area (Å²) in [4.78, 5) is 0. The quantitative estimate of drug-likeness (QED) is 0.496. The monoisotopic (exact) mass is 144 g/mol. The molecule has 1 saturated heterocycles. The Labute approximate surface area is 61.7 Å². The van der Waals surface area contributed by atoms with Gasteiger partial charge in [-0.1, -0.05) is 6.42 Å². The molecule has 0 aliphatic carbocycles. The maximum atomic E-state index is 5.68. The topological polar surface area (TPSA) is 61.3 Å². The molecule has 0 aromatic heterocycles. The van der Waals surface area contributed by atoms with Crippen molar-refractivity contribution >= 4 is 0 Å². The minimum Gasteiger partial charge on any atom is -0.378 e. The first kappa shape index (κ1) is 7.98. The van der Waals surface area contributed by atoms with Gasteiger partial charge in [0, 0.05) is 12.1 Å². The summed E-state index contributed by atoms with van der Waals surface area (Å²) in [6.45, 7) is 1.35. The number of hydrogen-bond acceptors (Lipinski definition) is 3. The lowest BCUT2D eigenvalue weighted by Crippen LogP contribution is -2.34.